The van der Waals surface area contributed by atoms with E-state index in [2.05, 4.69) is 15.3 Å². The first-order valence-corrected chi connectivity index (χ1v) is 6.79. The normalized spacial score (nSPS) is 11.4. The number of benzene rings is 1. The molecule has 0 saturated carbocycles. The zero-order valence-electron chi connectivity index (χ0n) is 12.4. The van der Waals surface area contributed by atoms with Gasteiger partial charge in [0.15, 0.2) is 11.5 Å². The van der Waals surface area contributed by atoms with Gasteiger partial charge in [0.05, 0.1) is 30.0 Å². The monoisotopic (exact) mass is 300 g/mol. The number of aliphatic imine (C=N–C) groups is 1. The van der Waals surface area contributed by atoms with Gasteiger partial charge in [-0.05, 0) is 33.8 Å². The third-order valence-corrected chi connectivity index (χ3v) is 2.38. The number of nitrogens with one attached hydrogen (secondary N) is 1. The lowest BCUT2D eigenvalue weighted by Gasteiger charge is -2.18. The van der Waals surface area contributed by atoms with E-state index in [0.717, 1.165) is 0 Å². The number of rotatable bonds is 7. The van der Waals surface area contributed by atoms with Crippen LogP contribution in [0, 0.1) is 0 Å². The number of hydroxylamine groups is 1. The van der Waals surface area contributed by atoms with Crippen molar-refractivity contribution in [3.63, 3.8) is 0 Å². The highest BCUT2D eigenvalue weighted by atomic mass is 35.5. The van der Waals surface area contributed by atoms with Crippen LogP contribution in [0.15, 0.2) is 17.1 Å². The number of hydrogen-bond donors (Lipinski definition) is 1. The Balaban J connectivity index is 3.11. The first kappa shape index (κ1) is 16.6. The Morgan fingerprint density at radius 3 is 2.35 bits per heavy atom. The summed E-state index contributed by atoms with van der Waals surface area (Å²) in [6, 6.07) is 3.48. The molecule has 6 heteroatoms. The van der Waals surface area contributed by atoms with Crippen molar-refractivity contribution in [2.75, 3.05) is 7.11 Å². The van der Waals surface area contributed by atoms with E-state index in [-0.39, 0.29) is 12.2 Å². The van der Waals surface area contributed by atoms with Gasteiger partial charge in [0.2, 0.25) is 0 Å². The fraction of sp³-hybridized carbons (Fsp3) is 0.500. The smallest absolute Gasteiger partial charge is 0.180 e. The van der Waals surface area contributed by atoms with Crippen molar-refractivity contribution in [1.82, 2.24) is 5.48 Å². The molecular formula is C14H21ClN2O3. The lowest BCUT2D eigenvalue weighted by Crippen LogP contribution is -2.11. The quantitative estimate of drug-likeness (QED) is 0.473. The lowest BCUT2D eigenvalue weighted by atomic mass is 10.2. The van der Waals surface area contributed by atoms with Crippen molar-refractivity contribution in [3.8, 4) is 11.5 Å². The minimum Gasteiger partial charge on any atom is -0.487 e. The summed E-state index contributed by atoms with van der Waals surface area (Å²) in [7, 11) is 1.51. The average Bonchev–Trinajstić information content (AvgIpc) is 2.33. The molecule has 0 aromatic heterocycles. The number of halogens is 1. The van der Waals surface area contributed by atoms with Crippen LogP contribution in [0.2, 0.25) is 5.02 Å². The van der Waals surface area contributed by atoms with Gasteiger partial charge >= 0.3 is 0 Å². The molecule has 0 radical (unpaired) electrons. The number of hydrogen-bond acceptors (Lipinski definition) is 4. The van der Waals surface area contributed by atoms with Crippen molar-refractivity contribution in [2.24, 2.45) is 4.99 Å². The van der Waals surface area contributed by atoms with E-state index in [9.17, 15) is 0 Å². The van der Waals surface area contributed by atoms with Gasteiger partial charge in [0, 0.05) is 6.07 Å². The highest BCUT2D eigenvalue weighted by molar-refractivity contribution is 6.32. The second-order valence-electron chi connectivity index (χ2n) is 4.67. The molecule has 0 aliphatic carbocycles. The maximum atomic E-state index is 6.24. The fourth-order valence-electron chi connectivity index (χ4n) is 1.47. The van der Waals surface area contributed by atoms with E-state index >= 15 is 0 Å². The molecule has 0 spiro atoms. The van der Waals surface area contributed by atoms with Gasteiger partial charge in [-0.15, -0.1) is 0 Å². The first-order valence-electron chi connectivity index (χ1n) is 6.42. The Labute approximate surface area is 124 Å². The van der Waals surface area contributed by atoms with Crippen LogP contribution >= 0.6 is 11.6 Å². The number of nitrogens with zero attached hydrogens (tertiary/aromatic N) is 1. The minimum atomic E-state index is 0.00604. The van der Waals surface area contributed by atoms with E-state index in [1.807, 2.05) is 27.7 Å². The maximum Gasteiger partial charge on any atom is 0.180 e. The van der Waals surface area contributed by atoms with Crippen LogP contribution < -0.4 is 15.0 Å². The zero-order chi connectivity index (χ0) is 15.1. The molecule has 1 aromatic rings. The Kier molecular flexibility index (Phi) is 6.61. The first-order chi connectivity index (χ1) is 9.43. The van der Waals surface area contributed by atoms with Gasteiger partial charge in [-0.1, -0.05) is 11.6 Å². The van der Waals surface area contributed by atoms with Gasteiger partial charge < -0.3 is 9.47 Å². The van der Waals surface area contributed by atoms with Crippen LogP contribution in [0.4, 0.5) is 5.69 Å². The molecule has 0 aliphatic heterocycles. The van der Waals surface area contributed by atoms with Crippen LogP contribution in [0.1, 0.15) is 27.7 Å². The van der Waals surface area contributed by atoms with Gasteiger partial charge in [-0.25, -0.2) is 4.99 Å². The van der Waals surface area contributed by atoms with Crippen molar-refractivity contribution < 1.29 is 14.3 Å². The molecule has 5 nitrogen and oxygen atoms in total. The Morgan fingerprint density at radius 2 is 1.80 bits per heavy atom. The third-order valence-electron chi connectivity index (χ3n) is 2.09. The SMILES string of the molecule is CONC=Nc1cc(Cl)c(OC(C)C)c(OC(C)C)c1. The molecule has 1 N–H and O–H groups in total. The van der Waals surface area contributed by atoms with Crippen LogP contribution in [-0.4, -0.2) is 25.7 Å². The molecule has 0 heterocycles. The standard InChI is InChI=1S/C14H21ClN2O3/c1-9(2)19-13-7-11(16-8-17-18-5)6-12(15)14(13)20-10(3)4/h6-10H,1-5H3,(H,16,17). The summed E-state index contributed by atoms with van der Waals surface area (Å²) in [6.45, 7) is 7.75. The molecule has 20 heavy (non-hydrogen) atoms. The van der Waals surface area contributed by atoms with Crippen molar-refractivity contribution in [2.45, 2.75) is 39.9 Å². The molecule has 0 atom stereocenters. The molecule has 0 aliphatic rings. The summed E-state index contributed by atoms with van der Waals surface area (Å²) in [5.74, 6) is 1.11. The van der Waals surface area contributed by atoms with Crippen molar-refractivity contribution in [3.05, 3.63) is 17.2 Å². The molecule has 112 valence electrons. The van der Waals surface area contributed by atoms with E-state index in [0.29, 0.717) is 22.2 Å². The van der Waals surface area contributed by atoms with Gasteiger partial charge in [-0.3, -0.25) is 10.3 Å². The molecule has 1 rings (SSSR count). The van der Waals surface area contributed by atoms with E-state index in [1.165, 1.54) is 13.4 Å². The van der Waals surface area contributed by atoms with Crippen molar-refractivity contribution in [1.29, 1.82) is 0 Å². The fourth-order valence-corrected chi connectivity index (χ4v) is 1.72. The molecule has 0 fully saturated rings. The highest BCUT2D eigenvalue weighted by Gasteiger charge is 2.15. The Morgan fingerprint density at radius 1 is 1.15 bits per heavy atom. The molecule has 0 bridgehead atoms. The topological polar surface area (TPSA) is 52.1 Å². The summed E-state index contributed by atoms with van der Waals surface area (Å²) in [5.41, 5.74) is 3.16. The third kappa shape index (κ3) is 5.27. The summed E-state index contributed by atoms with van der Waals surface area (Å²) < 4.78 is 11.4. The van der Waals surface area contributed by atoms with E-state index in [4.69, 9.17) is 21.1 Å². The Bertz CT molecular complexity index is 462. The molecule has 1 aromatic carbocycles. The number of ether oxygens (including phenoxy) is 2. The second-order valence-corrected chi connectivity index (χ2v) is 5.08. The van der Waals surface area contributed by atoms with Gasteiger partial charge in [-0.2, -0.15) is 0 Å². The summed E-state index contributed by atoms with van der Waals surface area (Å²) in [6.07, 6.45) is 1.44. The van der Waals surface area contributed by atoms with Crippen molar-refractivity contribution >= 4 is 23.6 Å². The summed E-state index contributed by atoms with van der Waals surface area (Å²) >= 11 is 6.24. The predicted octanol–water partition coefficient (Wildman–Crippen LogP) is 3.73. The van der Waals surface area contributed by atoms with Crippen LogP contribution in [0.5, 0.6) is 11.5 Å². The summed E-state index contributed by atoms with van der Waals surface area (Å²) in [4.78, 5) is 8.84. The van der Waals surface area contributed by atoms with Crippen LogP contribution in [0.3, 0.4) is 0 Å². The van der Waals surface area contributed by atoms with Gasteiger partial charge in [0.25, 0.3) is 0 Å². The van der Waals surface area contributed by atoms with E-state index in [1.54, 1.807) is 12.1 Å². The lowest BCUT2D eigenvalue weighted by molar-refractivity contribution is 0.148. The summed E-state index contributed by atoms with van der Waals surface area (Å²) in [5, 5.41) is 0.460. The molecule has 0 amide bonds. The van der Waals surface area contributed by atoms with Crippen LogP contribution in [0.25, 0.3) is 0 Å². The minimum absolute atomic E-state index is 0.00604. The Hall–Kier alpha value is -1.46. The molecule has 0 saturated heterocycles. The second kappa shape index (κ2) is 7.97. The predicted molar refractivity (Wildman–Crippen MR) is 81.3 cm³/mol. The highest BCUT2D eigenvalue weighted by Crippen LogP contribution is 2.40. The zero-order valence-corrected chi connectivity index (χ0v) is 13.2. The van der Waals surface area contributed by atoms with E-state index < -0.39 is 0 Å². The van der Waals surface area contributed by atoms with Gasteiger partial charge in [0.1, 0.15) is 6.34 Å². The average molecular weight is 301 g/mol. The molecule has 0 unspecified atom stereocenters. The van der Waals surface area contributed by atoms with Crippen LogP contribution in [-0.2, 0) is 4.84 Å². The maximum absolute atomic E-state index is 6.24. The largest absolute Gasteiger partial charge is 0.487 e. The molecular weight excluding hydrogens is 280 g/mol.